The number of methoxy groups -OCH3 is 2. The van der Waals surface area contributed by atoms with Crippen LogP contribution in [0.2, 0.25) is 5.02 Å². The summed E-state index contributed by atoms with van der Waals surface area (Å²) in [5, 5.41) is 11.6. The minimum absolute atomic E-state index is 0.209. The zero-order valence-corrected chi connectivity index (χ0v) is 19.3. The summed E-state index contributed by atoms with van der Waals surface area (Å²) in [5.41, 5.74) is 2.82. The zero-order chi connectivity index (χ0) is 23.5. The van der Waals surface area contributed by atoms with Crippen molar-refractivity contribution in [3.63, 3.8) is 0 Å². The first-order valence-corrected chi connectivity index (χ1v) is 10.4. The van der Waals surface area contributed by atoms with Gasteiger partial charge in [-0.1, -0.05) is 22.9 Å². The quantitative estimate of drug-likeness (QED) is 0.426. The van der Waals surface area contributed by atoms with Crippen LogP contribution in [0.5, 0.6) is 11.5 Å². The van der Waals surface area contributed by atoms with Crippen LogP contribution in [0, 0.1) is 13.8 Å². The molecule has 2 heterocycles. The number of benzene rings is 2. The Labute approximate surface area is 195 Å². The number of ether oxygens (including phenoxy) is 2. The van der Waals surface area contributed by atoms with Crippen molar-refractivity contribution in [2.24, 2.45) is 0 Å². The van der Waals surface area contributed by atoms with Gasteiger partial charge >= 0.3 is 0 Å². The maximum atomic E-state index is 12.8. The van der Waals surface area contributed by atoms with Gasteiger partial charge in [0.15, 0.2) is 17.2 Å². The second-order valence-electron chi connectivity index (χ2n) is 7.24. The van der Waals surface area contributed by atoms with Gasteiger partial charge in [-0.25, -0.2) is 9.67 Å². The van der Waals surface area contributed by atoms with Crippen molar-refractivity contribution < 1.29 is 18.7 Å². The van der Waals surface area contributed by atoms with Gasteiger partial charge in [0, 0.05) is 22.3 Å². The fourth-order valence-electron chi connectivity index (χ4n) is 3.29. The summed E-state index contributed by atoms with van der Waals surface area (Å²) in [6, 6.07) is 12.4. The van der Waals surface area contributed by atoms with Crippen molar-refractivity contribution in [3.8, 4) is 23.0 Å². The number of aromatic nitrogens is 4. The van der Waals surface area contributed by atoms with Crippen LogP contribution in [0.3, 0.4) is 0 Å². The number of nitrogens with zero attached hydrogens (tertiary/aromatic N) is 4. The summed E-state index contributed by atoms with van der Waals surface area (Å²) in [7, 11) is 3.08. The van der Waals surface area contributed by atoms with E-state index in [4.69, 9.17) is 25.5 Å². The summed E-state index contributed by atoms with van der Waals surface area (Å²) in [6.07, 6.45) is 0. The van der Waals surface area contributed by atoms with Crippen molar-refractivity contribution in [2.45, 2.75) is 20.4 Å². The van der Waals surface area contributed by atoms with Crippen LogP contribution in [0.1, 0.15) is 27.6 Å². The molecule has 1 N–H and O–H groups in total. The van der Waals surface area contributed by atoms with Crippen molar-refractivity contribution in [1.82, 2.24) is 20.0 Å². The number of amides is 1. The first-order chi connectivity index (χ1) is 15.9. The molecular formula is C23H22ClN5O4. The summed E-state index contributed by atoms with van der Waals surface area (Å²) < 4.78 is 17.9. The lowest BCUT2D eigenvalue weighted by molar-refractivity contribution is 0.102. The number of carbonyl (C=O) groups is 1. The van der Waals surface area contributed by atoms with Crippen LogP contribution in [0.4, 0.5) is 5.69 Å². The average Bonchev–Trinajstić information content (AvgIpc) is 3.36. The molecule has 0 saturated heterocycles. The van der Waals surface area contributed by atoms with E-state index in [1.54, 1.807) is 49.0 Å². The summed E-state index contributed by atoms with van der Waals surface area (Å²) in [4.78, 5) is 17.4. The minimum atomic E-state index is -0.387. The molecule has 0 radical (unpaired) electrons. The van der Waals surface area contributed by atoms with E-state index in [2.05, 4.69) is 20.6 Å². The monoisotopic (exact) mass is 467 g/mol. The van der Waals surface area contributed by atoms with E-state index >= 15 is 0 Å². The maximum absolute atomic E-state index is 12.8. The predicted molar refractivity (Wildman–Crippen MR) is 123 cm³/mol. The molecule has 0 saturated carbocycles. The Morgan fingerprint density at radius 2 is 1.91 bits per heavy atom. The third kappa shape index (κ3) is 4.68. The van der Waals surface area contributed by atoms with Gasteiger partial charge in [-0.15, -0.1) is 5.10 Å². The number of aryl methyl sites for hydroxylation is 1. The van der Waals surface area contributed by atoms with Crippen LogP contribution in [-0.4, -0.2) is 40.1 Å². The summed E-state index contributed by atoms with van der Waals surface area (Å²) >= 11 is 6.07. The van der Waals surface area contributed by atoms with Crippen molar-refractivity contribution in [1.29, 1.82) is 0 Å². The van der Waals surface area contributed by atoms with Crippen molar-refractivity contribution in [2.75, 3.05) is 19.5 Å². The van der Waals surface area contributed by atoms with Gasteiger partial charge in [-0.3, -0.25) is 4.79 Å². The molecule has 0 aliphatic heterocycles. The van der Waals surface area contributed by atoms with E-state index in [-0.39, 0.29) is 11.6 Å². The van der Waals surface area contributed by atoms with E-state index in [0.717, 1.165) is 5.56 Å². The molecule has 2 aromatic heterocycles. The topological polar surface area (TPSA) is 104 Å². The standard InChI is InChI=1S/C23H22ClN5O4/c1-13-21(22(30)25-17-8-9-19(31-3)20(11-17)32-4)27-28-29(13)12-18-14(2)33-23(26-18)15-6-5-7-16(24)10-15/h5-11H,12H2,1-4H3,(H,25,30). The highest BCUT2D eigenvalue weighted by Crippen LogP contribution is 2.30. The fraction of sp³-hybridized carbons (Fsp3) is 0.217. The van der Waals surface area contributed by atoms with Gasteiger partial charge in [-0.2, -0.15) is 0 Å². The molecule has 4 rings (SSSR count). The second-order valence-corrected chi connectivity index (χ2v) is 7.67. The number of hydrogen-bond acceptors (Lipinski definition) is 7. The highest BCUT2D eigenvalue weighted by Gasteiger charge is 2.20. The number of anilines is 1. The molecule has 0 unspecified atom stereocenters. The van der Waals surface area contributed by atoms with Gasteiger partial charge in [0.2, 0.25) is 5.89 Å². The number of oxazole rings is 1. The van der Waals surface area contributed by atoms with E-state index in [0.29, 0.717) is 51.8 Å². The van der Waals surface area contributed by atoms with E-state index in [9.17, 15) is 4.79 Å². The third-order valence-corrected chi connectivity index (χ3v) is 5.34. The third-order valence-electron chi connectivity index (χ3n) is 5.10. The lowest BCUT2D eigenvalue weighted by Gasteiger charge is -2.10. The van der Waals surface area contributed by atoms with Crippen molar-refractivity contribution >= 4 is 23.2 Å². The van der Waals surface area contributed by atoms with E-state index in [1.165, 1.54) is 7.11 Å². The SMILES string of the molecule is COc1ccc(NC(=O)c2nnn(Cc3nc(-c4cccc(Cl)c4)oc3C)c2C)cc1OC. The highest BCUT2D eigenvalue weighted by atomic mass is 35.5. The van der Waals surface area contributed by atoms with Gasteiger partial charge in [0.1, 0.15) is 11.5 Å². The Kier molecular flexibility index (Phi) is 6.32. The van der Waals surface area contributed by atoms with Gasteiger partial charge in [0.05, 0.1) is 26.5 Å². The number of nitrogens with one attached hydrogen (secondary N) is 1. The normalized spacial score (nSPS) is 10.8. The highest BCUT2D eigenvalue weighted by molar-refractivity contribution is 6.30. The summed E-state index contributed by atoms with van der Waals surface area (Å²) in [5.74, 6) is 1.80. The molecular weight excluding hydrogens is 446 g/mol. The zero-order valence-electron chi connectivity index (χ0n) is 18.5. The van der Waals surface area contributed by atoms with Crippen molar-refractivity contribution in [3.05, 3.63) is 70.3 Å². The molecule has 33 heavy (non-hydrogen) atoms. The Bertz CT molecular complexity index is 1310. The largest absolute Gasteiger partial charge is 0.493 e. The lowest BCUT2D eigenvalue weighted by Crippen LogP contribution is -2.14. The van der Waals surface area contributed by atoms with Crippen LogP contribution < -0.4 is 14.8 Å². The molecule has 1 amide bonds. The Hall–Kier alpha value is -3.85. The summed E-state index contributed by atoms with van der Waals surface area (Å²) in [6.45, 7) is 3.91. The number of halogens is 1. The molecule has 0 atom stereocenters. The molecule has 0 spiro atoms. The average molecular weight is 468 g/mol. The predicted octanol–water partition coefficient (Wildman–Crippen LogP) is 4.52. The van der Waals surface area contributed by atoms with E-state index < -0.39 is 0 Å². The van der Waals surface area contributed by atoms with E-state index in [1.807, 2.05) is 19.1 Å². The molecule has 4 aromatic rings. The molecule has 0 aliphatic rings. The van der Waals surface area contributed by atoms with Gasteiger partial charge in [0.25, 0.3) is 5.91 Å². The molecule has 10 heteroatoms. The smallest absolute Gasteiger partial charge is 0.278 e. The molecule has 170 valence electrons. The van der Waals surface area contributed by atoms with Gasteiger partial charge < -0.3 is 19.2 Å². The number of rotatable bonds is 7. The minimum Gasteiger partial charge on any atom is -0.493 e. The van der Waals surface area contributed by atoms with Crippen LogP contribution in [-0.2, 0) is 6.54 Å². The number of carbonyl (C=O) groups excluding carboxylic acids is 1. The van der Waals surface area contributed by atoms with Crippen LogP contribution in [0.15, 0.2) is 46.9 Å². The molecule has 2 aromatic carbocycles. The molecule has 0 fully saturated rings. The fourth-order valence-corrected chi connectivity index (χ4v) is 3.48. The first-order valence-electron chi connectivity index (χ1n) is 10.0. The van der Waals surface area contributed by atoms with Crippen LogP contribution >= 0.6 is 11.6 Å². The molecule has 0 bridgehead atoms. The Morgan fingerprint density at radius 1 is 1.12 bits per heavy atom. The molecule has 0 aliphatic carbocycles. The van der Waals surface area contributed by atoms with Crippen LogP contribution in [0.25, 0.3) is 11.5 Å². The van der Waals surface area contributed by atoms with Gasteiger partial charge in [-0.05, 0) is 44.2 Å². The Balaban J connectivity index is 1.52. The maximum Gasteiger partial charge on any atom is 0.278 e. The first kappa shape index (κ1) is 22.3. The number of hydrogen-bond donors (Lipinski definition) is 1. The lowest BCUT2D eigenvalue weighted by atomic mass is 10.2. The molecule has 9 nitrogen and oxygen atoms in total. The Morgan fingerprint density at radius 3 is 2.64 bits per heavy atom. The second kappa shape index (κ2) is 9.33.